The molecule has 0 fully saturated rings. The van der Waals surface area contributed by atoms with Gasteiger partial charge >= 0.3 is 39.5 Å². The summed E-state index contributed by atoms with van der Waals surface area (Å²) in [7, 11) is -9.91. The van der Waals surface area contributed by atoms with Gasteiger partial charge in [0.15, 0.2) is 12.2 Å². The van der Waals surface area contributed by atoms with Crippen LogP contribution in [-0.2, 0) is 65.4 Å². The summed E-state index contributed by atoms with van der Waals surface area (Å²) in [5.74, 6) is 0.909. The normalized spacial score (nSPS) is 14.4. The summed E-state index contributed by atoms with van der Waals surface area (Å²) < 4.78 is 68.5. The molecule has 0 aliphatic rings. The molecule has 0 spiro atoms. The van der Waals surface area contributed by atoms with Crippen molar-refractivity contribution in [3.05, 3.63) is 0 Å². The minimum atomic E-state index is -4.96. The summed E-state index contributed by atoms with van der Waals surface area (Å²) in [4.78, 5) is 72.8. The Kier molecular flexibility index (Phi) is 64.0. The lowest BCUT2D eigenvalue weighted by Gasteiger charge is -2.21. The zero-order valence-corrected chi connectivity index (χ0v) is 64.1. The number of phosphoric acid groups is 2. The van der Waals surface area contributed by atoms with Gasteiger partial charge in [-0.2, -0.15) is 0 Å². The van der Waals surface area contributed by atoms with Crippen molar-refractivity contribution in [1.29, 1.82) is 0 Å². The molecule has 95 heavy (non-hydrogen) atoms. The van der Waals surface area contributed by atoms with Gasteiger partial charge in [-0.15, -0.1) is 0 Å². The van der Waals surface area contributed by atoms with Crippen molar-refractivity contribution < 1.29 is 80.2 Å². The molecule has 0 rings (SSSR count). The second-order valence-electron chi connectivity index (χ2n) is 29.1. The number of hydrogen-bond acceptors (Lipinski definition) is 15. The molecule has 564 valence electrons. The molecule has 0 aliphatic carbocycles. The Bertz CT molecular complexity index is 1870. The molecule has 0 amide bonds. The summed E-state index contributed by atoms with van der Waals surface area (Å²) in [6, 6.07) is 0. The first kappa shape index (κ1) is 93.1. The number of carbonyl (C=O) groups excluding carboxylic acids is 4. The smallest absolute Gasteiger partial charge is 0.462 e. The number of aliphatic hydroxyl groups is 1. The highest BCUT2D eigenvalue weighted by Crippen LogP contribution is 2.45. The van der Waals surface area contributed by atoms with Gasteiger partial charge in [0, 0.05) is 25.7 Å². The quantitative estimate of drug-likeness (QED) is 0.0222. The summed E-state index contributed by atoms with van der Waals surface area (Å²) >= 11 is 0. The summed E-state index contributed by atoms with van der Waals surface area (Å²) in [5.41, 5.74) is 0. The van der Waals surface area contributed by atoms with E-state index in [1.54, 1.807) is 0 Å². The molecule has 0 bridgehead atoms. The lowest BCUT2D eigenvalue weighted by atomic mass is 10.00. The van der Waals surface area contributed by atoms with Gasteiger partial charge in [0.1, 0.15) is 19.3 Å². The minimum absolute atomic E-state index is 0.106. The van der Waals surface area contributed by atoms with E-state index >= 15 is 0 Å². The Morgan fingerprint density at radius 2 is 0.505 bits per heavy atom. The van der Waals surface area contributed by atoms with Gasteiger partial charge in [-0.3, -0.25) is 37.3 Å². The van der Waals surface area contributed by atoms with Crippen molar-refractivity contribution in [3.63, 3.8) is 0 Å². The van der Waals surface area contributed by atoms with Crippen LogP contribution in [0.25, 0.3) is 0 Å². The Balaban J connectivity index is 5.21. The van der Waals surface area contributed by atoms with E-state index < -0.39 is 97.5 Å². The fourth-order valence-corrected chi connectivity index (χ4v) is 13.1. The van der Waals surface area contributed by atoms with E-state index in [-0.39, 0.29) is 25.7 Å². The van der Waals surface area contributed by atoms with Gasteiger partial charge < -0.3 is 33.8 Å². The zero-order valence-electron chi connectivity index (χ0n) is 62.3. The first-order valence-electron chi connectivity index (χ1n) is 39.2. The summed E-state index contributed by atoms with van der Waals surface area (Å²) in [6.07, 6.45) is 50.1. The Morgan fingerprint density at radius 1 is 0.295 bits per heavy atom. The zero-order chi connectivity index (χ0) is 70.3. The number of ether oxygens (including phenoxy) is 4. The molecule has 0 saturated carbocycles. The van der Waals surface area contributed by atoms with Crippen molar-refractivity contribution in [3.8, 4) is 0 Å². The topological polar surface area (TPSA) is 237 Å². The van der Waals surface area contributed by atoms with Crippen LogP contribution in [0.1, 0.15) is 383 Å². The van der Waals surface area contributed by atoms with Gasteiger partial charge in [-0.05, 0) is 49.4 Å². The molecule has 0 radical (unpaired) electrons. The highest BCUT2D eigenvalue weighted by Gasteiger charge is 2.30. The first-order valence-corrected chi connectivity index (χ1v) is 42.2. The van der Waals surface area contributed by atoms with Gasteiger partial charge in [-0.25, -0.2) is 9.13 Å². The van der Waals surface area contributed by atoms with Crippen LogP contribution >= 0.6 is 15.6 Å². The summed E-state index contributed by atoms with van der Waals surface area (Å²) in [6.45, 7) is 14.2. The largest absolute Gasteiger partial charge is 0.472 e. The highest BCUT2D eigenvalue weighted by molar-refractivity contribution is 7.47. The van der Waals surface area contributed by atoms with Crippen molar-refractivity contribution >= 4 is 39.5 Å². The maximum atomic E-state index is 13.1. The molecular formula is C76H148O17P2. The van der Waals surface area contributed by atoms with E-state index in [1.165, 1.54) is 173 Å². The number of carbonyl (C=O) groups is 4. The van der Waals surface area contributed by atoms with Crippen molar-refractivity contribution in [2.24, 2.45) is 23.7 Å². The highest BCUT2D eigenvalue weighted by atomic mass is 31.2. The maximum absolute atomic E-state index is 13.1. The van der Waals surface area contributed by atoms with Gasteiger partial charge in [0.25, 0.3) is 0 Å². The molecule has 0 heterocycles. The Labute approximate surface area is 581 Å². The molecule has 0 aromatic heterocycles. The second kappa shape index (κ2) is 65.4. The van der Waals surface area contributed by atoms with Gasteiger partial charge in [-0.1, -0.05) is 331 Å². The van der Waals surface area contributed by atoms with Crippen LogP contribution in [0.2, 0.25) is 0 Å². The van der Waals surface area contributed by atoms with Crippen LogP contribution in [0, 0.1) is 23.7 Å². The molecular weight excluding hydrogens is 1250 g/mol. The number of phosphoric ester groups is 2. The fraction of sp³-hybridized carbons (Fsp3) is 0.947. The Morgan fingerprint density at radius 3 is 0.747 bits per heavy atom. The minimum Gasteiger partial charge on any atom is -0.462 e. The molecule has 0 aromatic carbocycles. The number of hydrogen-bond donors (Lipinski definition) is 3. The van der Waals surface area contributed by atoms with Gasteiger partial charge in [0.2, 0.25) is 0 Å². The van der Waals surface area contributed by atoms with E-state index in [9.17, 15) is 43.2 Å². The average molecular weight is 1400 g/mol. The van der Waals surface area contributed by atoms with Crippen LogP contribution < -0.4 is 0 Å². The van der Waals surface area contributed by atoms with Crippen molar-refractivity contribution in [2.75, 3.05) is 39.6 Å². The number of unbranched alkanes of at least 4 members (excludes halogenated alkanes) is 38. The van der Waals surface area contributed by atoms with E-state index in [1.807, 2.05) is 0 Å². The average Bonchev–Trinajstić information content (AvgIpc) is 1.24. The van der Waals surface area contributed by atoms with E-state index in [0.717, 1.165) is 120 Å². The number of rotatable bonds is 73. The Hall–Kier alpha value is -1.94. The monoisotopic (exact) mass is 1400 g/mol. The number of aliphatic hydroxyl groups excluding tert-OH is 1. The third-order valence-electron chi connectivity index (χ3n) is 17.9. The first-order chi connectivity index (χ1) is 45.6. The maximum Gasteiger partial charge on any atom is 0.472 e. The molecule has 6 atom stereocenters. The third-order valence-corrected chi connectivity index (χ3v) is 19.8. The molecule has 3 N–H and O–H groups in total. The SMILES string of the molecule is CCC(C)CCCCCCCCC(=O)OC[C@H](COP(=O)(O)OC[C@H](O)COP(=O)(O)OC[C@@H](COC(=O)CCCCCCCCCC(C)C)OC(=O)CCCCCCCCCCCCCCCC(C)C)OC(=O)CCCCCCCCCCCCCCCCCCC(C)C. The van der Waals surface area contributed by atoms with E-state index in [2.05, 4.69) is 55.4 Å². The fourth-order valence-electron chi connectivity index (χ4n) is 11.5. The van der Waals surface area contributed by atoms with E-state index in [4.69, 9.17) is 37.0 Å². The van der Waals surface area contributed by atoms with E-state index in [0.29, 0.717) is 31.6 Å². The molecule has 19 heteroatoms. The van der Waals surface area contributed by atoms with Crippen molar-refractivity contribution in [1.82, 2.24) is 0 Å². The molecule has 0 aliphatic heterocycles. The van der Waals surface area contributed by atoms with Crippen LogP contribution in [0.5, 0.6) is 0 Å². The van der Waals surface area contributed by atoms with Crippen LogP contribution in [0.15, 0.2) is 0 Å². The molecule has 0 aromatic rings. The van der Waals surface area contributed by atoms with Crippen molar-refractivity contribution in [2.45, 2.75) is 401 Å². The van der Waals surface area contributed by atoms with Gasteiger partial charge in [0.05, 0.1) is 26.4 Å². The third kappa shape index (κ3) is 69.0. The predicted molar refractivity (Wildman–Crippen MR) is 386 cm³/mol. The lowest BCUT2D eigenvalue weighted by molar-refractivity contribution is -0.161. The molecule has 0 saturated heterocycles. The lowest BCUT2D eigenvalue weighted by Crippen LogP contribution is -2.30. The number of esters is 4. The van der Waals surface area contributed by atoms with Crippen LogP contribution in [0.4, 0.5) is 0 Å². The standard InChI is InChI=1S/C76H148O17P2/c1-9-69(8)55-47-39-34-35-41-49-57-74(79)87-63-72(93-76(81)58-50-42-31-25-21-17-13-11-10-12-15-19-23-28-36-44-52-66(2)3)65-91-95(84,85)89-61-70(77)60-88-94(82,83)90-64-71(62-86-73(78)56-48-40-33-27-30-38-46-54-68(6)7)92-75(80)59-51-43-32-26-22-18-14-16-20-24-29-37-45-53-67(4)5/h66-72,77H,9-65H2,1-8H3,(H,82,83)(H,84,85)/t69?,70-,71-,72-/m1/s1. The van der Waals surface area contributed by atoms with Crippen LogP contribution in [0.3, 0.4) is 0 Å². The molecule has 17 nitrogen and oxygen atoms in total. The predicted octanol–water partition coefficient (Wildman–Crippen LogP) is 22.0. The second-order valence-corrected chi connectivity index (χ2v) is 32.0. The molecule has 3 unspecified atom stereocenters. The van der Waals surface area contributed by atoms with Crippen LogP contribution in [-0.4, -0.2) is 96.7 Å². The summed E-state index contributed by atoms with van der Waals surface area (Å²) in [5, 5.41) is 10.6.